The number of carbonyl (C=O) groups is 1. The molecule has 0 saturated carbocycles. The second-order valence-corrected chi connectivity index (χ2v) is 4.84. The van der Waals surface area contributed by atoms with Crippen molar-refractivity contribution in [2.45, 2.75) is 6.92 Å². The predicted octanol–water partition coefficient (Wildman–Crippen LogP) is 3.27. The highest BCUT2D eigenvalue weighted by Crippen LogP contribution is 2.25. The molecule has 0 bridgehead atoms. The summed E-state index contributed by atoms with van der Waals surface area (Å²) in [6.07, 6.45) is 1.69. The zero-order valence-electron chi connectivity index (χ0n) is 10.4. The number of urea groups is 1. The van der Waals surface area contributed by atoms with Gasteiger partial charge in [-0.05, 0) is 19.1 Å². The molecule has 7 heteroatoms. The van der Waals surface area contributed by atoms with Crippen LogP contribution in [0.15, 0.2) is 28.9 Å². The van der Waals surface area contributed by atoms with Gasteiger partial charge in [0, 0.05) is 29.3 Å². The van der Waals surface area contributed by atoms with Crippen LogP contribution >= 0.6 is 15.9 Å². The van der Waals surface area contributed by atoms with Crippen molar-refractivity contribution in [1.29, 1.82) is 0 Å². The number of hydrogen-bond acceptors (Lipinski definition) is 2. The number of carbonyl (C=O) groups excluding carboxylic acids is 1. The summed E-state index contributed by atoms with van der Waals surface area (Å²) in [6, 6.07) is 4.27. The first kappa shape index (κ1) is 13.5. The number of rotatable bonds is 2. The normalized spacial score (nSPS) is 10.3. The molecular weight excluding hydrogens is 315 g/mol. The molecule has 2 amide bonds. The second kappa shape index (κ2) is 5.40. The smallest absolute Gasteiger partial charge is 0.305 e. The average Bonchev–Trinajstić information content (AvgIpc) is 2.75. The molecule has 0 spiro atoms. The van der Waals surface area contributed by atoms with E-state index >= 15 is 0 Å². The molecule has 0 fully saturated rings. The van der Waals surface area contributed by atoms with E-state index in [9.17, 15) is 9.18 Å². The summed E-state index contributed by atoms with van der Waals surface area (Å²) in [7, 11) is 1.74. The van der Waals surface area contributed by atoms with E-state index in [1.807, 2.05) is 0 Å². The van der Waals surface area contributed by atoms with Crippen LogP contribution in [0.5, 0.6) is 0 Å². The Labute approximate surface area is 117 Å². The highest BCUT2D eigenvalue weighted by Gasteiger charge is 2.11. The van der Waals surface area contributed by atoms with Gasteiger partial charge in [0.2, 0.25) is 0 Å². The zero-order valence-corrected chi connectivity index (χ0v) is 12.0. The molecule has 0 atom stereocenters. The van der Waals surface area contributed by atoms with E-state index in [1.54, 1.807) is 37.0 Å². The topological polar surface area (TPSA) is 59.0 Å². The molecule has 100 valence electrons. The van der Waals surface area contributed by atoms with E-state index in [0.29, 0.717) is 15.9 Å². The van der Waals surface area contributed by atoms with Crippen molar-refractivity contribution < 1.29 is 9.18 Å². The number of anilines is 2. The molecule has 2 aromatic rings. The third-order valence-corrected chi connectivity index (χ3v) is 3.38. The largest absolute Gasteiger partial charge is 0.324 e. The van der Waals surface area contributed by atoms with Crippen molar-refractivity contribution in [1.82, 2.24) is 9.78 Å². The van der Waals surface area contributed by atoms with Gasteiger partial charge in [-0.1, -0.05) is 15.9 Å². The van der Waals surface area contributed by atoms with E-state index in [0.717, 1.165) is 0 Å². The second-order valence-electron chi connectivity index (χ2n) is 3.99. The Morgan fingerprint density at radius 3 is 2.74 bits per heavy atom. The zero-order chi connectivity index (χ0) is 14.0. The summed E-state index contributed by atoms with van der Waals surface area (Å²) in [5, 5.41) is 8.94. The Hall–Kier alpha value is -1.89. The molecular formula is C12H12BrFN4O. The fourth-order valence-corrected chi connectivity index (χ4v) is 1.82. The van der Waals surface area contributed by atoms with E-state index in [2.05, 4.69) is 31.7 Å². The Bertz CT molecular complexity index is 626. The molecule has 0 aliphatic heterocycles. The number of halogens is 2. The number of aromatic nitrogens is 2. The third kappa shape index (κ3) is 3.11. The lowest BCUT2D eigenvalue weighted by molar-refractivity contribution is 0.262. The number of nitrogens with one attached hydrogen (secondary N) is 2. The van der Waals surface area contributed by atoms with Gasteiger partial charge in [-0.3, -0.25) is 10.00 Å². The minimum Gasteiger partial charge on any atom is -0.305 e. The Kier molecular flexibility index (Phi) is 3.84. The highest BCUT2D eigenvalue weighted by molar-refractivity contribution is 9.10. The number of amides is 2. The van der Waals surface area contributed by atoms with Crippen molar-refractivity contribution in [2.75, 3.05) is 10.6 Å². The maximum atomic E-state index is 13.9. The van der Waals surface area contributed by atoms with Crippen molar-refractivity contribution in [3.05, 3.63) is 40.2 Å². The van der Waals surface area contributed by atoms with Crippen LogP contribution in [0.4, 0.5) is 20.7 Å². The minimum atomic E-state index is -0.542. The van der Waals surface area contributed by atoms with Crippen LogP contribution in [0.2, 0.25) is 0 Å². The van der Waals surface area contributed by atoms with Crippen molar-refractivity contribution in [3.8, 4) is 0 Å². The van der Waals surface area contributed by atoms with Crippen molar-refractivity contribution >= 4 is 33.5 Å². The summed E-state index contributed by atoms with van der Waals surface area (Å²) < 4.78 is 16.1. The van der Waals surface area contributed by atoms with Gasteiger partial charge >= 0.3 is 6.03 Å². The molecule has 1 aromatic carbocycles. The summed E-state index contributed by atoms with van der Waals surface area (Å²) in [4.78, 5) is 11.7. The molecule has 0 aliphatic rings. The van der Waals surface area contributed by atoms with Gasteiger partial charge in [-0.15, -0.1) is 0 Å². The van der Waals surface area contributed by atoms with Crippen LogP contribution in [0.25, 0.3) is 0 Å². The molecule has 1 aromatic heterocycles. The lowest BCUT2D eigenvalue weighted by atomic mass is 10.2. The van der Waals surface area contributed by atoms with E-state index in [4.69, 9.17) is 0 Å². The monoisotopic (exact) mass is 326 g/mol. The third-order valence-electron chi connectivity index (χ3n) is 2.52. The van der Waals surface area contributed by atoms with Gasteiger partial charge in [0.15, 0.2) is 11.6 Å². The summed E-state index contributed by atoms with van der Waals surface area (Å²) in [5.74, 6) is -0.0696. The standard InChI is InChI=1S/C12H12BrFN4O/c1-7-8(13)3-4-9(11(7)14)15-12(19)16-10-5-6-18(2)17-10/h3-6H,1-2H3,(H2,15,16,17,19). The van der Waals surface area contributed by atoms with Gasteiger partial charge in [0.05, 0.1) is 5.69 Å². The Balaban J connectivity index is 2.09. The summed E-state index contributed by atoms with van der Waals surface area (Å²) in [5.41, 5.74) is 0.560. The first-order valence-electron chi connectivity index (χ1n) is 5.49. The lowest BCUT2D eigenvalue weighted by Gasteiger charge is -2.09. The van der Waals surface area contributed by atoms with Gasteiger partial charge in [-0.2, -0.15) is 5.10 Å². The lowest BCUT2D eigenvalue weighted by Crippen LogP contribution is -2.20. The van der Waals surface area contributed by atoms with Gasteiger partial charge < -0.3 is 5.32 Å². The molecule has 2 N–H and O–H groups in total. The van der Waals surface area contributed by atoms with Crippen LogP contribution in [0.1, 0.15) is 5.56 Å². The minimum absolute atomic E-state index is 0.120. The average molecular weight is 327 g/mol. The predicted molar refractivity (Wildman–Crippen MR) is 74.7 cm³/mol. The number of hydrogen-bond donors (Lipinski definition) is 2. The maximum absolute atomic E-state index is 13.9. The fourth-order valence-electron chi connectivity index (χ4n) is 1.51. The van der Waals surface area contributed by atoms with Gasteiger partial charge in [0.25, 0.3) is 0 Å². The molecule has 0 radical (unpaired) electrons. The highest BCUT2D eigenvalue weighted by atomic mass is 79.9. The number of nitrogens with zero attached hydrogens (tertiary/aromatic N) is 2. The van der Waals surface area contributed by atoms with Crippen LogP contribution in [0.3, 0.4) is 0 Å². The van der Waals surface area contributed by atoms with E-state index < -0.39 is 11.8 Å². The summed E-state index contributed by atoms with van der Waals surface area (Å²) in [6.45, 7) is 1.63. The molecule has 1 heterocycles. The first-order valence-corrected chi connectivity index (χ1v) is 6.29. The van der Waals surface area contributed by atoms with Crippen LogP contribution in [0, 0.1) is 12.7 Å². The molecule has 19 heavy (non-hydrogen) atoms. The van der Waals surface area contributed by atoms with Gasteiger partial charge in [-0.25, -0.2) is 9.18 Å². The summed E-state index contributed by atoms with van der Waals surface area (Å²) >= 11 is 3.22. The first-order chi connectivity index (χ1) is 8.97. The quantitative estimate of drug-likeness (QED) is 0.889. The van der Waals surface area contributed by atoms with E-state index in [1.165, 1.54) is 6.07 Å². The van der Waals surface area contributed by atoms with E-state index in [-0.39, 0.29) is 5.69 Å². The van der Waals surface area contributed by atoms with Crippen LogP contribution in [-0.4, -0.2) is 15.8 Å². The number of benzene rings is 1. The van der Waals surface area contributed by atoms with Crippen LogP contribution < -0.4 is 10.6 Å². The Morgan fingerprint density at radius 2 is 2.11 bits per heavy atom. The van der Waals surface area contributed by atoms with Crippen molar-refractivity contribution in [3.63, 3.8) is 0 Å². The molecule has 0 saturated heterocycles. The Morgan fingerprint density at radius 1 is 1.37 bits per heavy atom. The molecule has 5 nitrogen and oxygen atoms in total. The SMILES string of the molecule is Cc1c(Br)ccc(NC(=O)Nc2ccn(C)n2)c1F. The van der Waals surface area contributed by atoms with Crippen molar-refractivity contribution in [2.24, 2.45) is 7.05 Å². The maximum Gasteiger partial charge on any atom is 0.324 e. The molecule has 0 aliphatic carbocycles. The van der Waals surface area contributed by atoms with Gasteiger partial charge in [0.1, 0.15) is 0 Å². The van der Waals surface area contributed by atoms with Crippen LogP contribution in [-0.2, 0) is 7.05 Å². The number of aryl methyl sites for hydroxylation is 1. The fraction of sp³-hybridized carbons (Fsp3) is 0.167. The molecule has 0 unspecified atom stereocenters. The molecule has 2 rings (SSSR count).